The third-order valence-electron chi connectivity index (χ3n) is 2.26. The summed E-state index contributed by atoms with van der Waals surface area (Å²) in [5.74, 6) is 0.255. The Hall–Kier alpha value is -0.290. The van der Waals surface area contributed by atoms with Crippen molar-refractivity contribution in [3.8, 4) is 0 Å². The molecule has 0 aromatic carbocycles. The van der Waals surface area contributed by atoms with E-state index in [4.69, 9.17) is 4.74 Å². The van der Waals surface area contributed by atoms with Gasteiger partial charge in [-0.1, -0.05) is 20.8 Å². The van der Waals surface area contributed by atoms with Gasteiger partial charge in [0, 0.05) is 6.04 Å². The van der Waals surface area contributed by atoms with Gasteiger partial charge in [-0.05, 0) is 19.4 Å². The molecular formula is C10H20F3NO. The van der Waals surface area contributed by atoms with Crippen molar-refractivity contribution in [3.63, 3.8) is 0 Å². The van der Waals surface area contributed by atoms with Crippen LogP contribution in [0.1, 0.15) is 27.7 Å². The molecule has 0 fully saturated rings. The Labute approximate surface area is 89.2 Å². The molecule has 0 saturated heterocycles. The van der Waals surface area contributed by atoms with E-state index < -0.39 is 12.3 Å². The molecule has 1 N–H and O–H groups in total. The van der Waals surface area contributed by atoms with Crippen molar-refractivity contribution in [2.45, 2.75) is 46.0 Å². The number of halogens is 3. The minimum Gasteiger partial charge on any atom is -0.367 e. The van der Waals surface area contributed by atoms with Gasteiger partial charge in [-0.2, -0.15) is 13.2 Å². The van der Waals surface area contributed by atoms with E-state index in [9.17, 15) is 13.2 Å². The van der Waals surface area contributed by atoms with E-state index in [0.29, 0.717) is 0 Å². The van der Waals surface area contributed by atoms with Crippen LogP contribution in [0, 0.1) is 5.92 Å². The van der Waals surface area contributed by atoms with Gasteiger partial charge in [-0.3, -0.25) is 0 Å². The molecular weight excluding hydrogens is 207 g/mol. The molecule has 92 valence electrons. The quantitative estimate of drug-likeness (QED) is 0.753. The SMILES string of the molecule is CCNC(COC(C)C(F)(F)F)C(C)C. The first-order valence-electron chi connectivity index (χ1n) is 5.20. The topological polar surface area (TPSA) is 21.3 Å². The zero-order valence-electron chi connectivity index (χ0n) is 9.69. The zero-order valence-corrected chi connectivity index (χ0v) is 9.69. The van der Waals surface area contributed by atoms with Gasteiger partial charge in [0.05, 0.1) is 6.61 Å². The van der Waals surface area contributed by atoms with Gasteiger partial charge in [0.1, 0.15) is 0 Å². The molecule has 0 bridgehead atoms. The Bertz CT molecular complexity index is 171. The summed E-state index contributed by atoms with van der Waals surface area (Å²) in [6.07, 6.45) is -5.97. The molecule has 0 aliphatic carbocycles. The van der Waals surface area contributed by atoms with Crippen molar-refractivity contribution >= 4 is 0 Å². The van der Waals surface area contributed by atoms with E-state index in [1.807, 2.05) is 20.8 Å². The third-order valence-corrected chi connectivity index (χ3v) is 2.26. The molecule has 0 saturated carbocycles. The molecule has 0 aliphatic heterocycles. The fraction of sp³-hybridized carbons (Fsp3) is 1.00. The minimum atomic E-state index is -4.27. The van der Waals surface area contributed by atoms with Crippen LogP contribution in [0.3, 0.4) is 0 Å². The van der Waals surface area contributed by atoms with Gasteiger partial charge in [0.25, 0.3) is 0 Å². The first-order chi connectivity index (χ1) is 6.79. The molecule has 0 aromatic heterocycles. The van der Waals surface area contributed by atoms with E-state index in [0.717, 1.165) is 13.5 Å². The van der Waals surface area contributed by atoms with E-state index in [-0.39, 0.29) is 18.6 Å². The van der Waals surface area contributed by atoms with Gasteiger partial charge in [0.15, 0.2) is 6.10 Å². The molecule has 5 heteroatoms. The fourth-order valence-electron chi connectivity index (χ4n) is 1.09. The number of hydrogen-bond acceptors (Lipinski definition) is 2. The van der Waals surface area contributed by atoms with Crippen LogP contribution in [0.5, 0.6) is 0 Å². The Balaban J connectivity index is 3.99. The Morgan fingerprint density at radius 2 is 1.73 bits per heavy atom. The minimum absolute atomic E-state index is 0.0280. The van der Waals surface area contributed by atoms with Gasteiger partial charge in [-0.25, -0.2) is 0 Å². The second kappa shape index (κ2) is 6.33. The van der Waals surface area contributed by atoms with Crippen molar-refractivity contribution in [2.75, 3.05) is 13.2 Å². The fourth-order valence-corrected chi connectivity index (χ4v) is 1.09. The number of hydrogen-bond donors (Lipinski definition) is 1. The second-order valence-electron chi connectivity index (χ2n) is 3.93. The molecule has 0 aromatic rings. The lowest BCUT2D eigenvalue weighted by atomic mass is 10.1. The molecule has 0 rings (SSSR count). The van der Waals surface area contributed by atoms with Gasteiger partial charge >= 0.3 is 6.18 Å². The van der Waals surface area contributed by atoms with Crippen LogP contribution >= 0.6 is 0 Å². The van der Waals surface area contributed by atoms with Crippen molar-refractivity contribution < 1.29 is 17.9 Å². The summed E-state index contributed by atoms with van der Waals surface area (Å²) in [4.78, 5) is 0. The molecule has 2 nitrogen and oxygen atoms in total. The number of nitrogens with one attached hydrogen (secondary N) is 1. The molecule has 0 aliphatic rings. The zero-order chi connectivity index (χ0) is 12.1. The maximum atomic E-state index is 12.1. The highest BCUT2D eigenvalue weighted by atomic mass is 19.4. The van der Waals surface area contributed by atoms with Crippen molar-refractivity contribution in [3.05, 3.63) is 0 Å². The third kappa shape index (κ3) is 5.99. The molecule has 15 heavy (non-hydrogen) atoms. The Morgan fingerprint density at radius 1 is 1.20 bits per heavy atom. The van der Waals surface area contributed by atoms with Crippen LogP contribution in [-0.2, 0) is 4.74 Å². The van der Waals surface area contributed by atoms with Crippen LogP contribution in [0.2, 0.25) is 0 Å². The standard InChI is InChI=1S/C10H20F3NO/c1-5-14-9(7(2)3)6-15-8(4)10(11,12)13/h7-9,14H,5-6H2,1-4H3. The predicted molar refractivity (Wildman–Crippen MR) is 53.8 cm³/mol. The Kier molecular flexibility index (Phi) is 6.20. The van der Waals surface area contributed by atoms with Crippen LogP contribution in [0.4, 0.5) is 13.2 Å². The lowest BCUT2D eigenvalue weighted by Crippen LogP contribution is -2.40. The average Bonchev–Trinajstić information content (AvgIpc) is 2.09. The smallest absolute Gasteiger partial charge is 0.367 e. The van der Waals surface area contributed by atoms with Crippen LogP contribution in [-0.4, -0.2) is 31.5 Å². The highest BCUT2D eigenvalue weighted by Crippen LogP contribution is 2.22. The average molecular weight is 227 g/mol. The van der Waals surface area contributed by atoms with Gasteiger partial charge < -0.3 is 10.1 Å². The molecule has 0 radical (unpaired) electrons. The van der Waals surface area contributed by atoms with Crippen LogP contribution in [0.15, 0.2) is 0 Å². The monoisotopic (exact) mass is 227 g/mol. The van der Waals surface area contributed by atoms with E-state index >= 15 is 0 Å². The number of ether oxygens (including phenoxy) is 1. The lowest BCUT2D eigenvalue weighted by molar-refractivity contribution is -0.216. The van der Waals surface area contributed by atoms with Crippen molar-refractivity contribution in [1.82, 2.24) is 5.32 Å². The van der Waals surface area contributed by atoms with Crippen LogP contribution in [0.25, 0.3) is 0 Å². The van der Waals surface area contributed by atoms with Gasteiger partial charge in [-0.15, -0.1) is 0 Å². The molecule has 0 heterocycles. The van der Waals surface area contributed by atoms with E-state index in [2.05, 4.69) is 5.32 Å². The first kappa shape index (κ1) is 14.7. The van der Waals surface area contributed by atoms with Crippen molar-refractivity contribution in [2.24, 2.45) is 5.92 Å². The molecule has 0 spiro atoms. The molecule has 0 amide bonds. The first-order valence-corrected chi connectivity index (χ1v) is 5.20. The van der Waals surface area contributed by atoms with Crippen LogP contribution < -0.4 is 5.32 Å². The largest absolute Gasteiger partial charge is 0.414 e. The predicted octanol–water partition coefficient (Wildman–Crippen LogP) is 2.59. The summed E-state index contributed by atoms with van der Waals surface area (Å²) in [5, 5.41) is 3.10. The van der Waals surface area contributed by atoms with Crippen molar-refractivity contribution in [1.29, 1.82) is 0 Å². The van der Waals surface area contributed by atoms with E-state index in [1.54, 1.807) is 0 Å². The maximum Gasteiger partial charge on any atom is 0.414 e. The summed E-state index contributed by atoms with van der Waals surface area (Å²) >= 11 is 0. The number of alkyl halides is 3. The highest BCUT2D eigenvalue weighted by molar-refractivity contribution is 4.71. The molecule has 2 unspecified atom stereocenters. The lowest BCUT2D eigenvalue weighted by Gasteiger charge is -2.24. The Morgan fingerprint density at radius 3 is 2.07 bits per heavy atom. The van der Waals surface area contributed by atoms with Gasteiger partial charge in [0.2, 0.25) is 0 Å². The van der Waals surface area contributed by atoms with E-state index in [1.165, 1.54) is 0 Å². The number of rotatable bonds is 6. The summed E-state index contributed by atoms with van der Waals surface area (Å²) in [6, 6.07) is -0.0280. The summed E-state index contributed by atoms with van der Waals surface area (Å²) in [6.45, 7) is 7.68. The normalized spacial score (nSPS) is 16.8. The number of likely N-dealkylation sites (N-methyl/N-ethyl adjacent to an activating group) is 1. The second-order valence-corrected chi connectivity index (χ2v) is 3.93. The highest BCUT2D eigenvalue weighted by Gasteiger charge is 2.37. The molecule has 2 atom stereocenters. The summed E-state index contributed by atoms with van der Waals surface area (Å²) in [7, 11) is 0. The summed E-state index contributed by atoms with van der Waals surface area (Å²) in [5.41, 5.74) is 0. The maximum absolute atomic E-state index is 12.1. The summed E-state index contributed by atoms with van der Waals surface area (Å²) < 4.78 is 41.2.